The van der Waals surface area contributed by atoms with Crippen LogP contribution in [0.1, 0.15) is 11.1 Å². The number of hydrogen-bond acceptors (Lipinski definition) is 3. The molecule has 0 N–H and O–H groups in total. The van der Waals surface area contributed by atoms with Gasteiger partial charge in [-0.15, -0.1) is 0 Å². The standard InChI is InChI=1S/C24H19FN2O2/c1-16-11-13-17(14-12-16)21-22(26(2)19-8-4-3-5-9-19)24(29)27(23(21)28)20-10-6-7-18(25)15-20/h3-15H,1-2H3. The number of anilines is 2. The molecule has 1 aliphatic heterocycles. The van der Waals surface area contributed by atoms with E-state index < -0.39 is 17.6 Å². The lowest BCUT2D eigenvalue weighted by atomic mass is 10.0. The van der Waals surface area contributed by atoms with Crippen molar-refractivity contribution in [2.75, 3.05) is 16.8 Å². The lowest BCUT2D eigenvalue weighted by Crippen LogP contribution is -2.34. The predicted molar refractivity (Wildman–Crippen MR) is 112 cm³/mol. The first-order valence-corrected chi connectivity index (χ1v) is 9.22. The van der Waals surface area contributed by atoms with Gasteiger partial charge in [0, 0.05) is 12.7 Å². The smallest absolute Gasteiger partial charge is 0.282 e. The molecule has 4 nitrogen and oxygen atoms in total. The summed E-state index contributed by atoms with van der Waals surface area (Å²) in [4.78, 5) is 29.5. The summed E-state index contributed by atoms with van der Waals surface area (Å²) >= 11 is 0. The molecule has 5 heteroatoms. The van der Waals surface area contributed by atoms with Crippen LogP contribution < -0.4 is 9.80 Å². The second-order valence-corrected chi connectivity index (χ2v) is 6.91. The Hall–Kier alpha value is -3.73. The van der Waals surface area contributed by atoms with Gasteiger partial charge in [-0.05, 0) is 42.8 Å². The first kappa shape index (κ1) is 18.6. The highest BCUT2D eigenvalue weighted by molar-refractivity contribution is 6.46. The summed E-state index contributed by atoms with van der Waals surface area (Å²) in [5.41, 5.74) is 3.23. The first-order valence-electron chi connectivity index (χ1n) is 9.22. The number of likely N-dealkylation sites (N-methyl/N-ethyl adjacent to an activating group) is 1. The minimum Gasteiger partial charge on any atom is -0.339 e. The van der Waals surface area contributed by atoms with E-state index in [1.165, 1.54) is 18.2 Å². The minimum atomic E-state index is -0.509. The normalized spacial score (nSPS) is 14.0. The Balaban J connectivity index is 1.88. The Morgan fingerprint density at radius 1 is 0.828 bits per heavy atom. The van der Waals surface area contributed by atoms with Crippen molar-refractivity contribution >= 4 is 28.8 Å². The van der Waals surface area contributed by atoms with E-state index in [1.807, 2.05) is 61.5 Å². The molecule has 0 unspecified atom stereocenters. The third-order valence-electron chi connectivity index (χ3n) is 4.94. The number of aryl methyl sites for hydroxylation is 1. The van der Waals surface area contributed by atoms with E-state index in [0.29, 0.717) is 11.1 Å². The average Bonchev–Trinajstić information content (AvgIpc) is 2.99. The number of hydrogen-bond donors (Lipinski definition) is 0. The zero-order valence-electron chi connectivity index (χ0n) is 16.1. The van der Waals surface area contributed by atoms with Gasteiger partial charge in [0.1, 0.15) is 11.5 Å². The Labute approximate surface area is 168 Å². The molecule has 0 aromatic heterocycles. The first-order chi connectivity index (χ1) is 14.0. The van der Waals surface area contributed by atoms with Gasteiger partial charge in [0.2, 0.25) is 0 Å². The fourth-order valence-corrected chi connectivity index (χ4v) is 3.44. The monoisotopic (exact) mass is 386 g/mol. The van der Waals surface area contributed by atoms with Crippen LogP contribution in [0.5, 0.6) is 0 Å². The quantitative estimate of drug-likeness (QED) is 0.618. The maximum Gasteiger partial charge on any atom is 0.282 e. The van der Waals surface area contributed by atoms with E-state index in [2.05, 4.69) is 0 Å². The molecule has 144 valence electrons. The van der Waals surface area contributed by atoms with Crippen LogP contribution in [-0.4, -0.2) is 18.9 Å². The van der Waals surface area contributed by atoms with Crippen molar-refractivity contribution in [3.8, 4) is 0 Å². The largest absolute Gasteiger partial charge is 0.339 e. The van der Waals surface area contributed by atoms with Crippen molar-refractivity contribution in [2.45, 2.75) is 6.92 Å². The van der Waals surface area contributed by atoms with Gasteiger partial charge in [0.25, 0.3) is 11.8 Å². The molecule has 4 rings (SSSR count). The molecular formula is C24H19FN2O2. The van der Waals surface area contributed by atoms with E-state index in [9.17, 15) is 14.0 Å². The molecule has 1 heterocycles. The number of para-hydroxylation sites is 1. The molecule has 2 amide bonds. The average molecular weight is 386 g/mol. The number of imide groups is 1. The number of rotatable bonds is 4. The topological polar surface area (TPSA) is 40.6 Å². The van der Waals surface area contributed by atoms with E-state index in [-0.39, 0.29) is 11.4 Å². The molecule has 0 spiro atoms. The van der Waals surface area contributed by atoms with E-state index in [0.717, 1.165) is 16.2 Å². The molecule has 0 saturated carbocycles. The number of nitrogens with zero attached hydrogens (tertiary/aromatic N) is 2. The van der Waals surface area contributed by atoms with Crippen LogP contribution in [0.4, 0.5) is 15.8 Å². The summed E-state index contributed by atoms with van der Waals surface area (Å²) in [6.07, 6.45) is 0. The highest BCUT2D eigenvalue weighted by atomic mass is 19.1. The van der Waals surface area contributed by atoms with Gasteiger partial charge in [0.15, 0.2) is 0 Å². The zero-order valence-corrected chi connectivity index (χ0v) is 16.1. The van der Waals surface area contributed by atoms with Crippen molar-refractivity contribution < 1.29 is 14.0 Å². The van der Waals surface area contributed by atoms with Crippen LogP contribution in [0, 0.1) is 12.7 Å². The van der Waals surface area contributed by atoms with Gasteiger partial charge in [-0.1, -0.05) is 54.1 Å². The molecular weight excluding hydrogens is 367 g/mol. The van der Waals surface area contributed by atoms with E-state index in [4.69, 9.17) is 0 Å². The molecule has 0 radical (unpaired) electrons. The Morgan fingerprint density at radius 2 is 1.52 bits per heavy atom. The van der Waals surface area contributed by atoms with Crippen molar-refractivity contribution in [1.82, 2.24) is 0 Å². The van der Waals surface area contributed by atoms with E-state index >= 15 is 0 Å². The maximum absolute atomic E-state index is 13.8. The molecule has 0 fully saturated rings. The van der Waals surface area contributed by atoms with Crippen LogP contribution in [-0.2, 0) is 9.59 Å². The predicted octanol–water partition coefficient (Wildman–Crippen LogP) is 4.56. The minimum absolute atomic E-state index is 0.209. The second-order valence-electron chi connectivity index (χ2n) is 6.91. The van der Waals surface area contributed by atoms with Crippen molar-refractivity contribution in [2.24, 2.45) is 0 Å². The fraction of sp³-hybridized carbons (Fsp3) is 0.0833. The SMILES string of the molecule is Cc1ccc(C2=C(N(C)c3ccccc3)C(=O)N(c3cccc(F)c3)C2=O)cc1. The third-order valence-corrected chi connectivity index (χ3v) is 4.94. The lowest BCUT2D eigenvalue weighted by molar-refractivity contribution is -0.120. The molecule has 0 aliphatic carbocycles. The molecule has 3 aromatic carbocycles. The van der Waals surface area contributed by atoms with Gasteiger partial charge in [0.05, 0.1) is 11.3 Å². The zero-order chi connectivity index (χ0) is 20.5. The molecule has 1 aliphatic rings. The van der Waals surface area contributed by atoms with Crippen LogP contribution >= 0.6 is 0 Å². The Kier molecular flexibility index (Phi) is 4.72. The molecule has 0 atom stereocenters. The van der Waals surface area contributed by atoms with Crippen LogP contribution in [0.3, 0.4) is 0 Å². The maximum atomic E-state index is 13.8. The third kappa shape index (κ3) is 3.31. The lowest BCUT2D eigenvalue weighted by Gasteiger charge is -2.21. The number of benzene rings is 3. The number of carbonyl (C=O) groups is 2. The summed E-state index contributed by atoms with van der Waals surface area (Å²) in [7, 11) is 1.75. The number of amides is 2. The van der Waals surface area contributed by atoms with Gasteiger partial charge < -0.3 is 4.90 Å². The molecule has 0 bridgehead atoms. The van der Waals surface area contributed by atoms with Gasteiger partial charge in [-0.25, -0.2) is 9.29 Å². The van der Waals surface area contributed by atoms with Crippen LogP contribution in [0.2, 0.25) is 0 Å². The highest BCUT2D eigenvalue weighted by Gasteiger charge is 2.42. The molecule has 0 saturated heterocycles. The Morgan fingerprint density at radius 3 is 2.17 bits per heavy atom. The fourth-order valence-electron chi connectivity index (χ4n) is 3.44. The summed E-state index contributed by atoms with van der Waals surface area (Å²) < 4.78 is 13.8. The second kappa shape index (κ2) is 7.36. The van der Waals surface area contributed by atoms with E-state index in [1.54, 1.807) is 18.0 Å². The molecule has 3 aromatic rings. The summed E-state index contributed by atoms with van der Waals surface area (Å²) in [6.45, 7) is 1.95. The highest BCUT2D eigenvalue weighted by Crippen LogP contribution is 2.36. The van der Waals surface area contributed by atoms with Crippen LogP contribution in [0.15, 0.2) is 84.6 Å². The Bertz CT molecular complexity index is 1120. The summed E-state index contributed by atoms with van der Waals surface area (Å²) in [6, 6.07) is 22.3. The van der Waals surface area contributed by atoms with Crippen molar-refractivity contribution in [1.29, 1.82) is 0 Å². The van der Waals surface area contributed by atoms with Gasteiger partial charge in [-0.3, -0.25) is 9.59 Å². The van der Waals surface area contributed by atoms with Crippen molar-refractivity contribution in [3.05, 3.63) is 102 Å². The van der Waals surface area contributed by atoms with Crippen LogP contribution in [0.25, 0.3) is 5.57 Å². The van der Waals surface area contributed by atoms with Gasteiger partial charge in [-0.2, -0.15) is 0 Å². The number of halogens is 1. The van der Waals surface area contributed by atoms with Gasteiger partial charge >= 0.3 is 0 Å². The number of carbonyl (C=O) groups excluding carboxylic acids is 2. The van der Waals surface area contributed by atoms with Crippen molar-refractivity contribution in [3.63, 3.8) is 0 Å². The molecule has 29 heavy (non-hydrogen) atoms. The summed E-state index contributed by atoms with van der Waals surface area (Å²) in [5.74, 6) is -1.46. The summed E-state index contributed by atoms with van der Waals surface area (Å²) in [5, 5.41) is 0.